The summed E-state index contributed by atoms with van der Waals surface area (Å²) >= 11 is 5.96. The summed E-state index contributed by atoms with van der Waals surface area (Å²) in [6.45, 7) is 2.48. The maximum absolute atomic E-state index is 5.96. The molecule has 0 bridgehead atoms. The monoisotopic (exact) mass is 199 g/mol. The second-order valence-electron chi connectivity index (χ2n) is 3.07. The van der Waals surface area contributed by atoms with Gasteiger partial charge in [0, 0.05) is 12.1 Å². The molecule has 1 aromatic rings. The smallest absolute Gasteiger partial charge is 0.0655 e. The van der Waals surface area contributed by atoms with Crippen LogP contribution in [0, 0.1) is 6.92 Å². The van der Waals surface area contributed by atoms with E-state index in [2.05, 4.69) is 0 Å². The quantitative estimate of drug-likeness (QED) is 0.811. The number of methoxy groups -OCH3 is 1. The van der Waals surface area contributed by atoms with Crippen molar-refractivity contribution in [2.24, 2.45) is 5.73 Å². The summed E-state index contributed by atoms with van der Waals surface area (Å²) in [5, 5.41) is 0.754. The number of nitrogens with two attached hydrogens (primary N) is 1. The van der Waals surface area contributed by atoms with Crippen LogP contribution in [-0.4, -0.2) is 13.7 Å². The summed E-state index contributed by atoms with van der Waals surface area (Å²) in [7, 11) is 1.63. The van der Waals surface area contributed by atoms with Crippen LogP contribution in [0.15, 0.2) is 18.2 Å². The molecule has 0 aliphatic heterocycles. The van der Waals surface area contributed by atoms with Gasteiger partial charge in [-0.2, -0.15) is 0 Å². The number of rotatable bonds is 3. The Bertz CT molecular complexity index is 288. The lowest BCUT2D eigenvalue weighted by Crippen LogP contribution is -2.15. The van der Waals surface area contributed by atoms with E-state index in [0.717, 1.165) is 16.1 Å². The van der Waals surface area contributed by atoms with Crippen LogP contribution in [0.25, 0.3) is 0 Å². The Morgan fingerprint density at radius 1 is 1.54 bits per heavy atom. The highest BCUT2D eigenvalue weighted by molar-refractivity contribution is 6.31. The molecule has 0 radical (unpaired) electrons. The molecular formula is C10H14ClNO. The van der Waals surface area contributed by atoms with Crippen molar-refractivity contribution < 1.29 is 4.74 Å². The molecule has 3 heteroatoms. The van der Waals surface area contributed by atoms with Crippen LogP contribution in [0.2, 0.25) is 5.02 Å². The average Bonchev–Trinajstić information content (AvgIpc) is 2.10. The van der Waals surface area contributed by atoms with Gasteiger partial charge in [0.1, 0.15) is 0 Å². The van der Waals surface area contributed by atoms with Gasteiger partial charge in [-0.1, -0.05) is 23.7 Å². The van der Waals surface area contributed by atoms with E-state index < -0.39 is 0 Å². The van der Waals surface area contributed by atoms with E-state index in [9.17, 15) is 0 Å². The van der Waals surface area contributed by atoms with Gasteiger partial charge in [0.25, 0.3) is 0 Å². The van der Waals surface area contributed by atoms with Gasteiger partial charge in [0.05, 0.1) is 12.6 Å². The standard InChI is InChI=1S/C10H14ClNO/c1-7-3-4-8(5-9(7)11)10(12)6-13-2/h3-5,10H,6,12H2,1-2H3. The Morgan fingerprint density at radius 3 is 2.77 bits per heavy atom. The van der Waals surface area contributed by atoms with Gasteiger partial charge in [0.2, 0.25) is 0 Å². The average molecular weight is 200 g/mol. The highest BCUT2D eigenvalue weighted by Gasteiger charge is 2.06. The van der Waals surface area contributed by atoms with Crippen molar-refractivity contribution in [2.75, 3.05) is 13.7 Å². The molecular weight excluding hydrogens is 186 g/mol. The van der Waals surface area contributed by atoms with E-state index in [0.29, 0.717) is 6.61 Å². The molecule has 0 aliphatic rings. The fourth-order valence-corrected chi connectivity index (χ4v) is 1.30. The van der Waals surface area contributed by atoms with Crippen molar-refractivity contribution in [3.05, 3.63) is 34.3 Å². The Balaban J connectivity index is 2.84. The molecule has 1 atom stereocenters. The van der Waals surface area contributed by atoms with Gasteiger partial charge in [0.15, 0.2) is 0 Å². The van der Waals surface area contributed by atoms with E-state index >= 15 is 0 Å². The Kier molecular flexibility index (Phi) is 3.72. The summed E-state index contributed by atoms with van der Waals surface area (Å²) in [6, 6.07) is 5.74. The second kappa shape index (κ2) is 4.61. The Labute approximate surface area is 83.6 Å². The topological polar surface area (TPSA) is 35.2 Å². The fraction of sp³-hybridized carbons (Fsp3) is 0.400. The highest BCUT2D eigenvalue weighted by atomic mass is 35.5. The van der Waals surface area contributed by atoms with Gasteiger partial charge >= 0.3 is 0 Å². The molecule has 1 unspecified atom stereocenters. The van der Waals surface area contributed by atoms with Gasteiger partial charge in [-0.25, -0.2) is 0 Å². The number of ether oxygens (including phenoxy) is 1. The molecule has 0 heterocycles. The van der Waals surface area contributed by atoms with E-state index in [1.165, 1.54) is 0 Å². The van der Waals surface area contributed by atoms with Gasteiger partial charge < -0.3 is 10.5 Å². The highest BCUT2D eigenvalue weighted by Crippen LogP contribution is 2.20. The third kappa shape index (κ3) is 2.69. The zero-order valence-corrected chi connectivity index (χ0v) is 8.64. The van der Waals surface area contributed by atoms with Crippen molar-refractivity contribution in [1.82, 2.24) is 0 Å². The van der Waals surface area contributed by atoms with Crippen molar-refractivity contribution in [3.8, 4) is 0 Å². The normalized spacial score (nSPS) is 12.9. The molecule has 0 aromatic heterocycles. The second-order valence-corrected chi connectivity index (χ2v) is 3.48. The zero-order valence-electron chi connectivity index (χ0n) is 7.88. The summed E-state index contributed by atoms with van der Waals surface area (Å²) in [5.41, 5.74) is 7.92. The van der Waals surface area contributed by atoms with Crippen LogP contribution in [0.1, 0.15) is 17.2 Å². The molecule has 0 aliphatic carbocycles. The predicted octanol–water partition coefficient (Wildman–Crippen LogP) is 2.29. The number of hydrogen-bond donors (Lipinski definition) is 1. The maximum Gasteiger partial charge on any atom is 0.0655 e. The molecule has 0 amide bonds. The zero-order chi connectivity index (χ0) is 9.84. The molecule has 13 heavy (non-hydrogen) atoms. The number of halogens is 1. The lowest BCUT2D eigenvalue weighted by molar-refractivity contribution is 0.181. The third-order valence-electron chi connectivity index (χ3n) is 1.97. The van der Waals surface area contributed by atoms with Crippen molar-refractivity contribution in [1.29, 1.82) is 0 Å². The summed E-state index contributed by atoms with van der Waals surface area (Å²) in [5.74, 6) is 0. The van der Waals surface area contributed by atoms with Gasteiger partial charge in [-0.05, 0) is 24.1 Å². The molecule has 0 saturated heterocycles. The molecule has 1 rings (SSSR count). The van der Waals surface area contributed by atoms with Crippen molar-refractivity contribution in [2.45, 2.75) is 13.0 Å². The van der Waals surface area contributed by atoms with Gasteiger partial charge in [-0.3, -0.25) is 0 Å². The van der Waals surface area contributed by atoms with E-state index in [4.69, 9.17) is 22.1 Å². The summed E-state index contributed by atoms with van der Waals surface area (Å²) in [6.07, 6.45) is 0. The Hall–Kier alpha value is -0.570. The van der Waals surface area contributed by atoms with Crippen LogP contribution in [0.4, 0.5) is 0 Å². The molecule has 0 saturated carbocycles. The van der Waals surface area contributed by atoms with Crippen LogP contribution in [0.5, 0.6) is 0 Å². The molecule has 1 aromatic carbocycles. The van der Waals surface area contributed by atoms with E-state index in [1.807, 2.05) is 25.1 Å². The molecule has 2 nitrogen and oxygen atoms in total. The van der Waals surface area contributed by atoms with Crippen molar-refractivity contribution in [3.63, 3.8) is 0 Å². The SMILES string of the molecule is COCC(N)c1ccc(C)c(Cl)c1. The first-order valence-electron chi connectivity index (χ1n) is 4.15. The lowest BCUT2D eigenvalue weighted by Gasteiger charge is -2.11. The first-order chi connectivity index (χ1) is 6.15. The lowest BCUT2D eigenvalue weighted by atomic mass is 10.1. The van der Waals surface area contributed by atoms with Crippen molar-refractivity contribution >= 4 is 11.6 Å². The summed E-state index contributed by atoms with van der Waals surface area (Å²) in [4.78, 5) is 0. The minimum absolute atomic E-state index is 0.0944. The largest absolute Gasteiger partial charge is 0.383 e. The first-order valence-corrected chi connectivity index (χ1v) is 4.53. The molecule has 72 valence electrons. The van der Waals surface area contributed by atoms with E-state index in [1.54, 1.807) is 7.11 Å². The van der Waals surface area contributed by atoms with Crippen LogP contribution in [0.3, 0.4) is 0 Å². The predicted molar refractivity (Wildman–Crippen MR) is 55.0 cm³/mol. The molecule has 2 N–H and O–H groups in total. The molecule has 0 fully saturated rings. The Morgan fingerprint density at radius 2 is 2.23 bits per heavy atom. The minimum atomic E-state index is -0.0944. The van der Waals surface area contributed by atoms with Crippen LogP contribution < -0.4 is 5.73 Å². The summed E-state index contributed by atoms with van der Waals surface area (Å²) < 4.78 is 4.96. The minimum Gasteiger partial charge on any atom is -0.383 e. The van der Waals surface area contributed by atoms with E-state index in [-0.39, 0.29) is 6.04 Å². The number of hydrogen-bond acceptors (Lipinski definition) is 2. The number of benzene rings is 1. The third-order valence-corrected chi connectivity index (χ3v) is 2.38. The number of aryl methyl sites for hydroxylation is 1. The van der Waals surface area contributed by atoms with Crippen LogP contribution >= 0.6 is 11.6 Å². The molecule has 0 spiro atoms. The first kappa shape index (κ1) is 10.5. The maximum atomic E-state index is 5.96. The van der Waals surface area contributed by atoms with Gasteiger partial charge in [-0.15, -0.1) is 0 Å². The van der Waals surface area contributed by atoms with Crippen LogP contribution in [-0.2, 0) is 4.74 Å². The fourth-order valence-electron chi connectivity index (χ4n) is 1.12.